The molecule has 0 aromatic rings. The Labute approximate surface area is 115 Å². The highest BCUT2D eigenvalue weighted by Crippen LogP contribution is 2.38. The van der Waals surface area contributed by atoms with Gasteiger partial charge in [-0.15, -0.1) is 0 Å². The molecule has 1 aliphatic carbocycles. The molecule has 0 bridgehead atoms. The maximum atomic E-state index is 12.2. The number of hydrogen-bond acceptors (Lipinski definition) is 3. The molecule has 2 N–H and O–H groups in total. The van der Waals surface area contributed by atoms with Crippen molar-refractivity contribution in [2.24, 2.45) is 5.41 Å². The van der Waals surface area contributed by atoms with Gasteiger partial charge < -0.3 is 15.4 Å². The number of nitrogens with one attached hydrogen (secondary N) is 2. The number of amides is 1. The van der Waals surface area contributed by atoms with E-state index in [0.29, 0.717) is 11.5 Å². The molecule has 1 saturated carbocycles. The zero-order chi connectivity index (χ0) is 13.1. The van der Waals surface area contributed by atoms with E-state index in [1.807, 2.05) is 0 Å². The van der Waals surface area contributed by atoms with Crippen LogP contribution in [-0.2, 0) is 9.53 Å². The summed E-state index contributed by atoms with van der Waals surface area (Å²) in [5.74, 6) is 0.135. The Morgan fingerprint density at radius 1 is 1.11 bits per heavy atom. The molecule has 108 valence electrons. The van der Waals surface area contributed by atoms with Crippen LogP contribution >= 0.6 is 0 Å². The predicted octanol–water partition coefficient (Wildman–Crippen LogP) is 1.59. The van der Waals surface area contributed by atoms with Crippen LogP contribution in [0, 0.1) is 5.41 Å². The fourth-order valence-electron chi connectivity index (χ4n) is 3.79. The van der Waals surface area contributed by atoms with Crippen molar-refractivity contribution in [3.63, 3.8) is 0 Å². The van der Waals surface area contributed by atoms with Crippen LogP contribution in [0.3, 0.4) is 0 Å². The predicted molar refractivity (Wildman–Crippen MR) is 73.9 cm³/mol. The van der Waals surface area contributed by atoms with Gasteiger partial charge in [0.05, 0.1) is 6.61 Å². The third-order valence-corrected chi connectivity index (χ3v) is 5.19. The van der Waals surface area contributed by atoms with Gasteiger partial charge in [-0.05, 0) is 57.0 Å². The molecule has 2 heterocycles. The van der Waals surface area contributed by atoms with Crippen molar-refractivity contribution >= 4 is 5.91 Å². The fourth-order valence-corrected chi connectivity index (χ4v) is 3.79. The third-order valence-electron chi connectivity index (χ3n) is 5.19. The van der Waals surface area contributed by atoms with Crippen molar-refractivity contribution in [1.82, 2.24) is 10.6 Å². The number of piperidine rings is 1. The highest BCUT2D eigenvalue weighted by Gasteiger charge is 2.39. The maximum absolute atomic E-state index is 12.2. The molecule has 0 aromatic heterocycles. The van der Waals surface area contributed by atoms with Crippen molar-refractivity contribution in [2.75, 3.05) is 19.7 Å². The Kier molecular flexibility index (Phi) is 4.08. The number of ether oxygens (including phenoxy) is 1. The minimum Gasteiger partial charge on any atom is -0.368 e. The first-order valence-electron chi connectivity index (χ1n) is 7.90. The van der Waals surface area contributed by atoms with E-state index < -0.39 is 0 Å². The molecule has 0 radical (unpaired) electrons. The van der Waals surface area contributed by atoms with Crippen molar-refractivity contribution in [1.29, 1.82) is 0 Å². The SMILES string of the molecule is O=C(NC1CCCC1)C1CCC2(CCNCC2)CO1. The summed E-state index contributed by atoms with van der Waals surface area (Å²) in [6, 6.07) is 0.408. The summed E-state index contributed by atoms with van der Waals surface area (Å²) in [5.41, 5.74) is 0.357. The Morgan fingerprint density at radius 2 is 1.84 bits per heavy atom. The number of carbonyl (C=O) groups is 1. The van der Waals surface area contributed by atoms with Crippen molar-refractivity contribution < 1.29 is 9.53 Å². The first kappa shape index (κ1) is 13.4. The average molecular weight is 266 g/mol. The van der Waals surface area contributed by atoms with Crippen LogP contribution < -0.4 is 10.6 Å². The first-order valence-corrected chi connectivity index (χ1v) is 7.90. The molecule has 1 spiro atoms. The zero-order valence-corrected chi connectivity index (χ0v) is 11.7. The number of carbonyl (C=O) groups excluding carboxylic acids is 1. The summed E-state index contributed by atoms with van der Waals surface area (Å²) in [7, 11) is 0. The summed E-state index contributed by atoms with van der Waals surface area (Å²) < 4.78 is 5.90. The molecular formula is C15H26N2O2. The van der Waals surface area contributed by atoms with Crippen molar-refractivity contribution in [3.05, 3.63) is 0 Å². The maximum Gasteiger partial charge on any atom is 0.249 e. The van der Waals surface area contributed by atoms with Gasteiger partial charge in [-0.2, -0.15) is 0 Å². The number of rotatable bonds is 2. The van der Waals surface area contributed by atoms with Crippen LogP contribution in [0.4, 0.5) is 0 Å². The Balaban J connectivity index is 1.47. The molecule has 1 amide bonds. The van der Waals surface area contributed by atoms with E-state index in [-0.39, 0.29) is 12.0 Å². The van der Waals surface area contributed by atoms with Crippen LogP contribution in [-0.4, -0.2) is 37.7 Å². The van der Waals surface area contributed by atoms with E-state index in [1.54, 1.807) is 0 Å². The quantitative estimate of drug-likeness (QED) is 0.798. The van der Waals surface area contributed by atoms with Crippen molar-refractivity contribution in [3.8, 4) is 0 Å². The van der Waals surface area contributed by atoms with Crippen LogP contribution in [0.5, 0.6) is 0 Å². The average Bonchev–Trinajstić information content (AvgIpc) is 2.93. The lowest BCUT2D eigenvalue weighted by molar-refractivity contribution is -0.144. The van der Waals surface area contributed by atoms with Crippen LogP contribution in [0.2, 0.25) is 0 Å². The summed E-state index contributed by atoms with van der Waals surface area (Å²) in [6.07, 6.45) is 9.06. The van der Waals surface area contributed by atoms with Gasteiger partial charge in [-0.25, -0.2) is 0 Å². The molecule has 2 saturated heterocycles. The molecule has 0 aromatic carbocycles. The summed E-state index contributed by atoms with van der Waals surface area (Å²) in [5, 5.41) is 6.57. The van der Waals surface area contributed by atoms with Gasteiger partial charge in [0, 0.05) is 6.04 Å². The van der Waals surface area contributed by atoms with E-state index in [2.05, 4.69) is 10.6 Å². The highest BCUT2D eigenvalue weighted by atomic mass is 16.5. The second kappa shape index (κ2) is 5.80. The van der Waals surface area contributed by atoms with Gasteiger partial charge in [0.2, 0.25) is 5.91 Å². The van der Waals surface area contributed by atoms with Gasteiger partial charge in [0.25, 0.3) is 0 Å². The summed E-state index contributed by atoms with van der Waals surface area (Å²) in [6.45, 7) is 2.97. The molecule has 2 aliphatic heterocycles. The molecule has 3 aliphatic rings. The van der Waals surface area contributed by atoms with E-state index in [1.165, 1.54) is 25.7 Å². The second-order valence-electron chi connectivity index (χ2n) is 6.58. The minimum atomic E-state index is -0.193. The van der Waals surface area contributed by atoms with Gasteiger partial charge in [-0.3, -0.25) is 4.79 Å². The van der Waals surface area contributed by atoms with E-state index in [0.717, 1.165) is 45.4 Å². The van der Waals surface area contributed by atoms with E-state index in [9.17, 15) is 4.79 Å². The van der Waals surface area contributed by atoms with E-state index >= 15 is 0 Å². The normalized spacial score (nSPS) is 31.5. The van der Waals surface area contributed by atoms with Gasteiger partial charge in [-0.1, -0.05) is 12.8 Å². The van der Waals surface area contributed by atoms with Crippen LogP contribution in [0.1, 0.15) is 51.4 Å². The molecule has 3 fully saturated rings. The smallest absolute Gasteiger partial charge is 0.249 e. The largest absolute Gasteiger partial charge is 0.368 e. The standard InChI is InChI=1S/C15H26N2O2/c18-14(17-12-3-1-2-4-12)13-5-6-15(11-19-13)7-9-16-10-8-15/h12-13,16H,1-11H2,(H,17,18). The molecule has 1 atom stereocenters. The lowest BCUT2D eigenvalue weighted by Crippen LogP contribution is -2.49. The minimum absolute atomic E-state index is 0.135. The Hall–Kier alpha value is -0.610. The Bertz CT molecular complexity index is 310. The van der Waals surface area contributed by atoms with Crippen LogP contribution in [0.25, 0.3) is 0 Å². The molecule has 3 rings (SSSR count). The van der Waals surface area contributed by atoms with Gasteiger partial charge in [0.1, 0.15) is 6.10 Å². The summed E-state index contributed by atoms with van der Waals surface area (Å²) in [4.78, 5) is 12.2. The molecule has 19 heavy (non-hydrogen) atoms. The molecule has 4 heteroatoms. The lowest BCUT2D eigenvalue weighted by atomic mass is 9.74. The third kappa shape index (κ3) is 3.11. The van der Waals surface area contributed by atoms with E-state index in [4.69, 9.17) is 4.74 Å². The number of hydrogen-bond donors (Lipinski definition) is 2. The molecule has 4 nitrogen and oxygen atoms in total. The summed E-state index contributed by atoms with van der Waals surface area (Å²) >= 11 is 0. The Morgan fingerprint density at radius 3 is 2.47 bits per heavy atom. The second-order valence-corrected chi connectivity index (χ2v) is 6.58. The van der Waals surface area contributed by atoms with Gasteiger partial charge in [0.15, 0.2) is 0 Å². The highest BCUT2D eigenvalue weighted by molar-refractivity contribution is 5.81. The topological polar surface area (TPSA) is 50.4 Å². The molecular weight excluding hydrogens is 240 g/mol. The fraction of sp³-hybridized carbons (Fsp3) is 0.933. The zero-order valence-electron chi connectivity index (χ0n) is 11.7. The first-order chi connectivity index (χ1) is 9.27. The monoisotopic (exact) mass is 266 g/mol. The molecule has 1 unspecified atom stereocenters. The lowest BCUT2D eigenvalue weighted by Gasteiger charge is -2.42. The van der Waals surface area contributed by atoms with Crippen LogP contribution in [0.15, 0.2) is 0 Å². The van der Waals surface area contributed by atoms with Gasteiger partial charge >= 0.3 is 0 Å². The van der Waals surface area contributed by atoms with Crippen molar-refractivity contribution in [2.45, 2.75) is 63.5 Å².